The lowest BCUT2D eigenvalue weighted by atomic mass is 9.99. The molecule has 2 nitrogen and oxygen atoms in total. The highest BCUT2D eigenvalue weighted by Gasteiger charge is 2.36. The second-order valence-corrected chi connectivity index (χ2v) is 4.18. The van der Waals surface area contributed by atoms with Gasteiger partial charge in [-0.05, 0) is 23.9 Å². The minimum atomic E-state index is -0.696. The van der Waals surface area contributed by atoms with Gasteiger partial charge >= 0.3 is 0 Å². The molecule has 1 aromatic heterocycles. The van der Waals surface area contributed by atoms with Crippen LogP contribution in [0.25, 0.3) is 0 Å². The van der Waals surface area contributed by atoms with E-state index >= 15 is 0 Å². The van der Waals surface area contributed by atoms with Gasteiger partial charge in [0.15, 0.2) is 0 Å². The predicted octanol–water partition coefficient (Wildman–Crippen LogP) is 1.66. The summed E-state index contributed by atoms with van der Waals surface area (Å²) in [5.74, 6) is 0. The van der Waals surface area contributed by atoms with Gasteiger partial charge in [-0.3, -0.25) is 0 Å². The fourth-order valence-corrected chi connectivity index (χ4v) is 2.63. The summed E-state index contributed by atoms with van der Waals surface area (Å²) in [7, 11) is 0. The van der Waals surface area contributed by atoms with E-state index in [0.29, 0.717) is 13.2 Å². The summed E-state index contributed by atoms with van der Waals surface area (Å²) >= 11 is 1.62. The molecule has 1 aliphatic rings. The van der Waals surface area contributed by atoms with Crippen molar-refractivity contribution in [3.8, 4) is 0 Å². The van der Waals surface area contributed by atoms with Gasteiger partial charge in [-0.15, -0.1) is 11.3 Å². The maximum Gasteiger partial charge on any atom is 0.124 e. The van der Waals surface area contributed by atoms with Crippen molar-refractivity contribution in [2.45, 2.75) is 18.9 Å². The smallest absolute Gasteiger partial charge is 0.124 e. The van der Waals surface area contributed by atoms with Crippen molar-refractivity contribution < 1.29 is 9.84 Å². The number of aliphatic hydroxyl groups is 1. The molecule has 1 unspecified atom stereocenters. The van der Waals surface area contributed by atoms with Crippen LogP contribution in [0.5, 0.6) is 0 Å². The summed E-state index contributed by atoms with van der Waals surface area (Å²) in [4.78, 5) is 1.07. The predicted molar refractivity (Wildman–Crippen MR) is 48.4 cm³/mol. The first-order valence-electron chi connectivity index (χ1n) is 4.07. The van der Waals surface area contributed by atoms with Gasteiger partial charge in [0.05, 0.1) is 6.61 Å². The van der Waals surface area contributed by atoms with E-state index in [1.54, 1.807) is 11.3 Å². The van der Waals surface area contributed by atoms with Crippen molar-refractivity contribution in [3.63, 3.8) is 0 Å². The zero-order valence-electron chi connectivity index (χ0n) is 7.04. The topological polar surface area (TPSA) is 29.5 Å². The highest BCUT2D eigenvalue weighted by Crippen LogP contribution is 2.35. The van der Waals surface area contributed by atoms with Gasteiger partial charge in [-0.1, -0.05) is 0 Å². The van der Waals surface area contributed by atoms with Crippen LogP contribution in [0.3, 0.4) is 0 Å². The van der Waals surface area contributed by atoms with Gasteiger partial charge in [-0.25, -0.2) is 0 Å². The quantitative estimate of drug-likeness (QED) is 0.719. The maximum absolute atomic E-state index is 10.1. The van der Waals surface area contributed by atoms with Gasteiger partial charge < -0.3 is 9.84 Å². The van der Waals surface area contributed by atoms with E-state index < -0.39 is 5.60 Å². The van der Waals surface area contributed by atoms with Gasteiger partial charge in [-0.2, -0.15) is 0 Å². The van der Waals surface area contributed by atoms with Crippen LogP contribution >= 0.6 is 11.3 Å². The number of aryl methyl sites for hydroxylation is 1. The van der Waals surface area contributed by atoms with Crippen LogP contribution in [0.1, 0.15) is 16.9 Å². The number of hydrogen-bond donors (Lipinski definition) is 1. The third-order valence-corrected chi connectivity index (χ3v) is 3.50. The first-order valence-corrected chi connectivity index (χ1v) is 4.95. The van der Waals surface area contributed by atoms with E-state index in [1.807, 2.05) is 18.4 Å². The number of thiophene rings is 1. The lowest BCUT2D eigenvalue weighted by Gasteiger charge is -2.19. The summed E-state index contributed by atoms with van der Waals surface area (Å²) in [6.07, 6.45) is 0.731. The van der Waals surface area contributed by atoms with E-state index in [9.17, 15) is 5.11 Å². The zero-order chi connectivity index (χ0) is 8.60. The van der Waals surface area contributed by atoms with Gasteiger partial charge in [0.2, 0.25) is 0 Å². The highest BCUT2D eigenvalue weighted by atomic mass is 32.1. The van der Waals surface area contributed by atoms with Gasteiger partial charge in [0, 0.05) is 17.9 Å². The third kappa shape index (κ3) is 1.18. The molecule has 66 valence electrons. The van der Waals surface area contributed by atoms with Crippen LogP contribution in [0.4, 0.5) is 0 Å². The third-order valence-electron chi connectivity index (χ3n) is 2.29. The molecule has 0 aliphatic carbocycles. The van der Waals surface area contributed by atoms with Crippen molar-refractivity contribution in [2.24, 2.45) is 0 Å². The Balaban J connectivity index is 2.34. The largest absolute Gasteiger partial charge is 0.382 e. The minimum absolute atomic E-state index is 0.453. The van der Waals surface area contributed by atoms with Crippen LogP contribution in [0.15, 0.2) is 11.4 Å². The number of hydrogen-bond acceptors (Lipinski definition) is 3. The summed E-state index contributed by atoms with van der Waals surface area (Å²) in [5, 5.41) is 12.1. The summed E-state index contributed by atoms with van der Waals surface area (Å²) in [6, 6.07) is 2.04. The maximum atomic E-state index is 10.1. The monoisotopic (exact) mass is 184 g/mol. The SMILES string of the molecule is Cc1ccsc1C1(O)CCOC1. The fourth-order valence-electron chi connectivity index (χ4n) is 1.58. The van der Waals surface area contributed by atoms with E-state index in [2.05, 4.69) is 0 Å². The van der Waals surface area contributed by atoms with Crippen molar-refractivity contribution in [2.75, 3.05) is 13.2 Å². The second-order valence-electron chi connectivity index (χ2n) is 3.27. The fraction of sp³-hybridized carbons (Fsp3) is 0.556. The Morgan fingerprint density at radius 1 is 1.67 bits per heavy atom. The van der Waals surface area contributed by atoms with E-state index in [4.69, 9.17) is 4.74 Å². The Morgan fingerprint density at radius 2 is 2.50 bits per heavy atom. The molecule has 2 rings (SSSR count). The van der Waals surface area contributed by atoms with Gasteiger partial charge in [0.25, 0.3) is 0 Å². The van der Waals surface area contributed by atoms with Crippen LogP contribution in [0, 0.1) is 6.92 Å². The molecule has 1 fully saturated rings. The Hall–Kier alpha value is -0.380. The second kappa shape index (κ2) is 2.83. The zero-order valence-corrected chi connectivity index (χ0v) is 7.86. The van der Waals surface area contributed by atoms with Crippen molar-refractivity contribution in [1.29, 1.82) is 0 Å². The first-order chi connectivity index (χ1) is 5.72. The summed E-state index contributed by atoms with van der Waals surface area (Å²) in [5.41, 5.74) is 0.478. The Morgan fingerprint density at radius 3 is 3.00 bits per heavy atom. The molecule has 0 aromatic carbocycles. The number of rotatable bonds is 1. The average Bonchev–Trinajstić information content (AvgIpc) is 2.59. The average molecular weight is 184 g/mol. The molecule has 0 bridgehead atoms. The molecule has 0 radical (unpaired) electrons. The standard InChI is InChI=1S/C9H12O2S/c1-7-2-5-12-8(7)9(10)3-4-11-6-9/h2,5,10H,3-4,6H2,1H3. The molecule has 0 spiro atoms. The van der Waals surface area contributed by atoms with E-state index in [0.717, 1.165) is 11.3 Å². The summed E-state index contributed by atoms with van der Waals surface area (Å²) in [6.45, 7) is 3.16. The van der Waals surface area contributed by atoms with Gasteiger partial charge in [0.1, 0.15) is 5.60 Å². The molecule has 1 aliphatic heterocycles. The van der Waals surface area contributed by atoms with Crippen LogP contribution < -0.4 is 0 Å². The Kier molecular flexibility index (Phi) is 1.94. The lowest BCUT2D eigenvalue weighted by molar-refractivity contribution is 0.0259. The molecular weight excluding hydrogens is 172 g/mol. The molecule has 12 heavy (non-hydrogen) atoms. The minimum Gasteiger partial charge on any atom is -0.382 e. The molecule has 1 N–H and O–H groups in total. The number of ether oxygens (including phenoxy) is 1. The Bertz CT molecular complexity index is 274. The van der Waals surface area contributed by atoms with E-state index in [-0.39, 0.29) is 0 Å². The molecule has 3 heteroatoms. The van der Waals surface area contributed by atoms with E-state index in [1.165, 1.54) is 5.56 Å². The van der Waals surface area contributed by atoms with Crippen molar-refractivity contribution in [3.05, 3.63) is 21.9 Å². The van der Waals surface area contributed by atoms with Crippen LogP contribution in [-0.2, 0) is 10.3 Å². The molecule has 0 saturated carbocycles. The van der Waals surface area contributed by atoms with Crippen molar-refractivity contribution in [1.82, 2.24) is 0 Å². The molecular formula is C9H12O2S. The first kappa shape index (κ1) is 8.23. The molecule has 2 heterocycles. The lowest BCUT2D eigenvalue weighted by Crippen LogP contribution is -2.24. The van der Waals surface area contributed by atoms with Crippen molar-refractivity contribution >= 4 is 11.3 Å². The Labute approximate surface area is 75.8 Å². The molecule has 1 atom stereocenters. The van der Waals surface area contributed by atoms with Crippen LogP contribution in [0.2, 0.25) is 0 Å². The highest BCUT2D eigenvalue weighted by molar-refractivity contribution is 7.10. The molecule has 1 saturated heterocycles. The normalized spacial score (nSPS) is 29.5. The van der Waals surface area contributed by atoms with Crippen LogP contribution in [-0.4, -0.2) is 18.3 Å². The molecule has 1 aromatic rings. The molecule has 0 amide bonds. The summed E-state index contributed by atoms with van der Waals surface area (Å²) < 4.78 is 5.20.